The summed E-state index contributed by atoms with van der Waals surface area (Å²) in [6, 6.07) is 6.19. The summed E-state index contributed by atoms with van der Waals surface area (Å²) in [7, 11) is 0. The molecule has 0 radical (unpaired) electrons. The number of aliphatic carboxylic acids is 2. The van der Waals surface area contributed by atoms with Crippen LogP contribution in [0.25, 0.3) is 11.0 Å². The third-order valence-corrected chi connectivity index (χ3v) is 1.83. The van der Waals surface area contributed by atoms with E-state index in [-0.39, 0.29) is 5.69 Å². The normalized spacial score (nSPS) is 9.33. The summed E-state index contributed by atoms with van der Waals surface area (Å²) in [5, 5.41) is 25.9. The molecule has 0 aliphatic rings. The lowest BCUT2D eigenvalue weighted by molar-refractivity contribution is -0.384. The predicted octanol–water partition coefficient (Wildman–Crippen LogP) is 1.50. The SMILES string of the molecule is O=C(O)C(=O)O.O=[N+]([O-])c1ccc2occc2c1. The summed E-state index contributed by atoms with van der Waals surface area (Å²) in [5.41, 5.74) is 0.754. The van der Waals surface area contributed by atoms with Crippen LogP contribution in [0.3, 0.4) is 0 Å². The number of carbonyl (C=O) groups is 2. The molecule has 0 spiro atoms. The fourth-order valence-electron chi connectivity index (χ4n) is 1.07. The number of non-ortho nitro benzene ring substituents is 1. The highest BCUT2D eigenvalue weighted by Crippen LogP contribution is 2.20. The number of nitrogens with zero attached hydrogens (tertiary/aromatic N) is 1. The topological polar surface area (TPSA) is 131 Å². The molecule has 0 unspecified atom stereocenters. The van der Waals surface area contributed by atoms with Crippen molar-refractivity contribution in [1.82, 2.24) is 0 Å². The molecule has 18 heavy (non-hydrogen) atoms. The van der Waals surface area contributed by atoms with Gasteiger partial charge in [0.05, 0.1) is 11.2 Å². The fraction of sp³-hybridized carbons (Fsp3) is 0. The number of nitro groups is 1. The molecule has 8 nitrogen and oxygen atoms in total. The Kier molecular flexibility index (Phi) is 3.98. The van der Waals surface area contributed by atoms with Gasteiger partial charge in [0.25, 0.3) is 5.69 Å². The van der Waals surface area contributed by atoms with Crippen LogP contribution in [0.2, 0.25) is 0 Å². The van der Waals surface area contributed by atoms with E-state index in [1.54, 1.807) is 12.1 Å². The van der Waals surface area contributed by atoms with Gasteiger partial charge in [0.15, 0.2) is 0 Å². The summed E-state index contributed by atoms with van der Waals surface area (Å²) in [5.74, 6) is -3.65. The third kappa shape index (κ3) is 3.30. The molecule has 0 saturated heterocycles. The van der Waals surface area contributed by atoms with Crippen molar-refractivity contribution in [2.24, 2.45) is 0 Å². The lowest BCUT2D eigenvalue weighted by Crippen LogP contribution is -2.09. The van der Waals surface area contributed by atoms with Crippen molar-refractivity contribution in [3.63, 3.8) is 0 Å². The molecule has 0 aliphatic heterocycles. The molecular formula is C10H7NO7. The number of carboxylic acids is 2. The number of rotatable bonds is 1. The van der Waals surface area contributed by atoms with Crippen LogP contribution < -0.4 is 0 Å². The molecule has 1 aromatic carbocycles. The van der Waals surface area contributed by atoms with Crippen LogP contribution >= 0.6 is 0 Å². The molecule has 0 saturated carbocycles. The number of fused-ring (bicyclic) bond motifs is 1. The number of benzene rings is 1. The van der Waals surface area contributed by atoms with E-state index < -0.39 is 16.9 Å². The molecule has 2 N–H and O–H groups in total. The highest BCUT2D eigenvalue weighted by atomic mass is 16.6. The first-order valence-electron chi connectivity index (χ1n) is 4.49. The lowest BCUT2D eigenvalue weighted by atomic mass is 10.2. The van der Waals surface area contributed by atoms with Gasteiger partial charge in [-0.3, -0.25) is 10.1 Å². The Hall–Kier alpha value is -2.90. The average molecular weight is 253 g/mol. The van der Waals surface area contributed by atoms with Gasteiger partial charge in [-0.05, 0) is 12.1 Å². The van der Waals surface area contributed by atoms with Gasteiger partial charge in [-0.25, -0.2) is 9.59 Å². The first-order valence-corrected chi connectivity index (χ1v) is 4.49. The molecule has 8 heteroatoms. The van der Waals surface area contributed by atoms with Crippen LogP contribution in [0.1, 0.15) is 0 Å². The summed E-state index contributed by atoms with van der Waals surface area (Å²) < 4.78 is 5.03. The van der Waals surface area contributed by atoms with Gasteiger partial charge in [0.1, 0.15) is 5.58 Å². The Morgan fingerprint density at radius 1 is 1.17 bits per heavy atom. The van der Waals surface area contributed by atoms with Gasteiger partial charge >= 0.3 is 11.9 Å². The minimum atomic E-state index is -1.82. The van der Waals surface area contributed by atoms with Crippen molar-refractivity contribution in [1.29, 1.82) is 0 Å². The van der Waals surface area contributed by atoms with Gasteiger partial charge in [-0.15, -0.1) is 0 Å². The molecular weight excluding hydrogens is 246 g/mol. The molecule has 0 amide bonds. The largest absolute Gasteiger partial charge is 0.473 e. The summed E-state index contributed by atoms with van der Waals surface area (Å²) >= 11 is 0. The quantitative estimate of drug-likeness (QED) is 0.447. The van der Waals surface area contributed by atoms with Crippen molar-refractivity contribution >= 4 is 28.6 Å². The standard InChI is InChI=1S/C8H5NO3.C2H2O4/c10-9(11)7-1-2-8-6(5-7)3-4-12-8;3-1(4)2(5)6/h1-5H;(H,3,4)(H,5,6). The Morgan fingerprint density at radius 3 is 2.28 bits per heavy atom. The van der Waals surface area contributed by atoms with Crippen LogP contribution in [-0.2, 0) is 9.59 Å². The van der Waals surface area contributed by atoms with Crippen LogP contribution in [-0.4, -0.2) is 27.1 Å². The lowest BCUT2D eigenvalue weighted by Gasteiger charge is -1.89. The monoisotopic (exact) mass is 253 g/mol. The molecule has 2 aromatic rings. The molecule has 2 rings (SSSR count). The Balaban J connectivity index is 0.000000232. The maximum absolute atomic E-state index is 10.3. The molecule has 1 aromatic heterocycles. The zero-order valence-corrected chi connectivity index (χ0v) is 8.77. The minimum absolute atomic E-state index is 0.0869. The summed E-state index contributed by atoms with van der Waals surface area (Å²) in [6.07, 6.45) is 1.51. The van der Waals surface area contributed by atoms with Crippen molar-refractivity contribution in [2.75, 3.05) is 0 Å². The number of nitro benzene ring substituents is 1. The van der Waals surface area contributed by atoms with Crippen LogP contribution in [0, 0.1) is 10.1 Å². The van der Waals surface area contributed by atoms with Gasteiger partial charge in [-0.1, -0.05) is 0 Å². The Morgan fingerprint density at radius 2 is 1.78 bits per heavy atom. The van der Waals surface area contributed by atoms with Crippen molar-refractivity contribution in [2.45, 2.75) is 0 Å². The van der Waals surface area contributed by atoms with Gasteiger partial charge in [-0.2, -0.15) is 0 Å². The first kappa shape index (κ1) is 13.2. The number of furan rings is 1. The molecule has 94 valence electrons. The first-order chi connectivity index (χ1) is 8.41. The van der Waals surface area contributed by atoms with Gasteiger partial charge in [0, 0.05) is 17.5 Å². The van der Waals surface area contributed by atoms with E-state index in [0.717, 1.165) is 5.39 Å². The highest BCUT2D eigenvalue weighted by molar-refractivity contribution is 6.27. The van der Waals surface area contributed by atoms with E-state index in [9.17, 15) is 10.1 Å². The number of carboxylic acid groups (broad SMARTS) is 2. The molecule has 0 aliphatic carbocycles. The summed E-state index contributed by atoms with van der Waals surface area (Å²) in [4.78, 5) is 28.1. The van der Waals surface area contributed by atoms with E-state index in [4.69, 9.17) is 24.2 Å². The van der Waals surface area contributed by atoms with Crippen LogP contribution in [0.5, 0.6) is 0 Å². The number of hydrogen-bond acceptors (Lipinski definition) is 5. The van der Waals surface area contributed by atoms with E-state index in [0.29, 0.717) is 5.58 Å². The van der Waals surface area contributed by atoms with E-state index in [2.05, 4.69) is 0 Å². The van der Waals surface area contributed by atoms with Gasteiger partial charge < -0.3 is 14.6 Å². The molecule has 0 fully saturated rings. The smallest absolute Gasteiger partial charge is 0.414 e. The predicted molar refractivity (Wildman–Crippen MR) is 58.1 cm³/mol. The molecule has 0 atom stereocenters. The van der Waals surface area contributed by atoms with E-state index >= 15 is 0 Å². The number of hydrogen-bond donors (Lipinski definition) is 2. The Bertz CT molecular complexity index is 589. The van der Waals surface area contributed by atoms with E-state index in [1.165, 1.54) is 18.4 Å². The Labute approximate surface area is 99.2 Å². The van der Waals surface area contributed by atoms with Crippen molar-refractivity contribution < 1.29 is 29.1 Å². The highest BCUT2D eigenvalue weighted by Gasteiger charge is 2.06. The maximum Gasteiger partial charge on any atom is 0.414 e. The second-order valence-electron chi connectivity index (χ2n) is 3.01. The van der Waals surface area contributed by atoms with Crippen molar-refractivity contribution in [3.05, 3.63) is 40.6 Å². The molecule has 1 heterocycles. The van der Waals surface area contributed by atoms with Crippen LogP contribution in [0.15, 0.2) is 34.9 Å². The fourth-order valence-corrected chi connectivity index (χ4v) is 1.07. The van der Waals surface area contributed by atoms with Crippen LogP contribution in [0.4, 0.5) is 5.69 Å². The zero-order chi connectivity index (χ0) is 13.7. The van der Waals surface area contributed by atoms with Crippen molar-refractivity contribution in [3.8, 4) is 0 Å². The summed E-state index contributed by atoms with van der Waals surface area (Å²) in [6.45, 7) is 0. The van der Waals surface area contributed by atoms with E-state index in [1.807, 2.05) is 0 Å². The third-order valence-electron chi connectivity index (χ3n) is 1.83. The minimum Gasteiger partial charge on any atom is -0.473 e. The maximum atomic E-state index is 10.3. The average Bonchev–Trinajstić information content (AvgIpc) is 2.76. The zero-order valence-electron chi connectivity index (χ0n) is 8.77. The second kappa shape index (κ2) is 5.43. The second-order valence-corrected chi connectivity index (χ2v) is 3.01. The molecule has 0 bridgehead atoms. The van der Waals surface area contributed by atoms with Gasteiger partial charge in [0.2, 0.25) is 0 Å².